The van der Waals surface area contributed by atoms with Crippen molar-refractivity contribution in [3.8, 4) is 0 Å². The number of likely N-dealkylation sites (tertiary alicyclic amines) is 1. The summed E-state index contributed by atoms with van der Waals surface area (Å²) in [5, 5.41) is 0. The summed E-state index contributed by atoms with van der Waals surface area (Å²) in [4.78, 5) is 9.29. The lowest BCUT2D eigenvalue weighted by Crippen LogP contribution is -2.27. The van der Waals surface area contributed by atoms with Crippen molar-refractivity contribution in [2.75, 3.05) is 33.7 Å². The maximum absolute atomic E-state index is 5.61. The molecular weight excluding hydrogens is 256 g/mol. The number of nitrogens with two attached hydrogens (primary N) is 1. The van der Waals surface area contributed by atoms with E-state index in [-0.39, 0.29) is 0 Å². The van der Waals surface area contributed by atoms with Gasteiger partial charge in [-0.15, -0.1) is 0 Å². The highest BCUT2D eigenvalue weighted by atomic mass is 32.1. The predicted octanol–water partition coefficient (Wildman–Crippen LogP) is 1.10. The predicted molar refractivity (Wildman–Crippen MR) is 82.1 cm³/mol. The van der Waals surface area contributed by atoms with Crippen LogP contribution < -0.4 is 5.73 Å². The Morgan fingerprint density at radius 1 is 1.63 bits per heavy atom. The summed E-state index contributed by atoms with van der Waals surface area (Å²) < 4.78 is 0. The van der Waals surface area contributed by atoms with Crippen molar-refractivity contribution < 1.29 is 0 Å². The van der Waals surface area contributed by atoms with Gasteiger partial charge in [-0.25, -0.2) is 0 Å². The molecule has 0 aromatic carbocycles. The summed E-state index contributed by atoms with van der Waals surface area (Å²) >= 11 is 4.96. The van der Waals surface area contributed by atoms with E-state index < -0.39 is 0 Å². The van der Waals surface area contributed by atoms with Gasteiger partial charge in [0.15, 0.2) is 0 Å². The van der Waals surface area contributed by atoms with Crippen molar-refractivity contribution in [1.82, 2.24) is 14.8 Å². The number of hydrogen-bond acceptors (Lipinski definition) is 4. The second kappa shape index (κ2) is 6.41. The van der Waals surface area contributed by atoms with Crippen LogP contribution in [0.1, 0.15) is 17.7 Å². The van der Waals surface area contributed by atoms with Gasteiger partial charge in [0.1, 0.15) is 4.99 Å². The first-order valence-electron chi connectivity index (χ1n) is 6.66. The Morgan fingerprint density at radius 3 is 3.05 bits per heavy atom. The molecule has 0 amide bonds. The lowest BCUT2D eigenvalue weighted by Gasteiger charge is -2.21. The Hall–Kier alpha value is -1.04. The van der Waals surface area contributed by atoms with E-state index in [4.69, 9.17) is 18.0 Å². The van der Waals surface area contributed by atoms with Crippen LogP contribution in [0.4, 0.5) is 0 Å². The van der Waals surface area contributed by atoms with Gasteiger partial charge in [0.25, 0.3) is 0 Å². The molecule has 2 heterocycles. The van der Waals surface area contributed by atoms with E-state index in [0.717, 1.165) is 19.0 Å². The molecule has 1 atom stereocenters. The van der Waals surface area contributed by atoms with Crippen LogP contribution in [0.3, 0.4) is 0 Å². The zero-order valence-electron chi connectivity index (χ0n) is 11.7. The summed E-state index contributed by atoms with van der Waals surface area (Å²) in [6.07, 6.45) is 3.08. The monoisotopic (exact) mass is 278 g/mol. The minimum Gasteiger partial charge on any atom is -0.388 e. The van der Waals surface area contributed by atoms with Crippen molar-refractivity contribution in [3.63, 3.8) is 0 Å². The minimum atomic E-state index is 0.363. The fraction of sp³-hybridized carbons (Fsp3) is 0.571. The molecule has 1 aliphatic heterocycles. The van der Waals surface area contributed by atoms with Crippen molar-refractivity contribution in [2.45, 2.75) is 13.0 Å². The summed E-state index contributed by atoms with van der Waals surface area (Å²) in [7, 11) is 4.36. The molecule has 0 radical (unpaired) electrons. The summed E-state index contributed by atoms with van der Waals surface area (Å²) in [5.74, 6) is 0.784. The molecule has 2 N–H and O–H groups in total. The van der Waals surface area contributed by atoms with Gasteiger partial charge in [0.2, 0.25) is 0 Å². The molecule has 0 saturated carbocycles. The SMILES string of the molecule is CN1CCC(CN(C)Cc2ccnc(C(N)=S)c2)C1. The zero-order valence-corrected chi connectivity index (χ0v) is 12.5. The first kappa shape index (κ1) is 14.4. The Balaban J connectivity index is 1.89. The third-order valence-electron chi connectivity index (χ3n) is 3.59. The van der Waals surface area contributed by atoms with Gasteiger partial charge in [0, 0.05) is 25.8 Å². The molecule has 1 unspecified atom stereocenters. The van der Waals surface area contributed by atoms with Crippen LogP contribution in [0, 0.1) is 5.92 Å². The fourth-order valence-corrected chi connectivity index (χ4v) is 2.81. The Bertz CT molecular complexity index is 449. The van der Waals surface area contributed by atoms with Crippen molar-refractivity contribution in [3.05, 3.63) is 29.6 Å². The maximum Gasteiger partial charge on any atom is 0.122 e. The molecule has 2 rings (SSSR count). The largest absolute Gasteiger partial charge is 0.388 e. The van der Waals surface area contributed by atoms with Crippen LogP contribution in [0.25, 0.3) is 0 Å². The standard InChI is InChI=1S/C14H22N4S/c1-17-6-4-12(9-17)10-18(2)8-11-3-5-16-13(7-11)14(15)19/h3,5,7,12H,4,6,8-10H2,1-2H3,(H2,15,19). The first-order chi connectivity index (χ1) is 9.04. The van der Waals surface area contributed by atoms with Crippen LogP contribution in [-0.2, 0) is 6.54 Å². The van der Waals surface area contributed by atoms with Gasteiger partial charge in [-0.2, -0.15) is 0 Å². The van der Waals surface area contributed by atoms with Gasteiger partial charge in [-0.05, 0) is 50.7 Å². The van der Waals surface area contributed by atoms with Gasteiger partial charge < -0.3 is 15.5 Å². The molecule has 1 fully saturated rings. The highest BCUT2D eigenvalue weighted by molar-refractivity contribution is 7.80. The summed E-state index contributed by atoms with van der Waals surface area (Å²) in [6.45, 7) is 4.48. The van der Waals surface area contributed by atoms with E-state index in [2.05, 4.69) is 28.9 Å². The van der Waals surface area contributed by atoms with Crippen LogP contribution in [0.15, 0.2) is 18.3 Å². The number of pyridine rings is 1. The lowest BCUT2D eigenvalue weighted by molar-refractivity contribution is 0.267. The smallest absolute Gasteiger partial charge is 0.122 e. The zero-order chi connectivity index (χ0) is 13.8. The van der Waals surface area contributed by atoms with Crippen molar-refractivity contribution in [2.24, 2.45) is 11.7 Å². The normalized spacial score (nSPS) is 20.1. The third-order valence-corrected chi connectivity index (χ3v) is 3.80. The van der Waals surface area contributed by atoms with Crippen LogP contribution >= 0.6 is 12.2 Å². The van der Waals surface area contributed by atoms with Gasteiger partial charge in [0.05, 0.1) is 5.69 Å². The second-order valence-corrected chi connectivity index (χ2v) is 5.97. The van der Waals surface area contributed by atoms with Crippen LogP contribution in [0.5, 0.6) is 0 Å². The number of hydrogen-bond donors (Lipinski definition) is 1. The number of thiocarbonyl (C=S) groups is 1. The summed E-state index contributed by atoms with van der Waals surface area (Å²) in [5.41, 5.74) is 7.53. The molecule has 19 heavy (non-hydrogen) atoms. The quantitative estimate of drug-likeness (QED) is 0.817. The average molecular weight is 278 g/mol. The molecule has 4 nitrogen and oxygen atoms in total. The van der Waals surface area contributed by atoms with E-state index in [1.807, 2.05) is 12.1 Å². The highest BCUT2D eigenvalue weighted by Crippen LogP contribution is 2.16. The van der Waals surface area contributed by atoms with E-state index in [1.54, 1.807) is 6.20 Å². The number of rotatable bonds is 5. The van der Waals surface area contributed by atoms with Crippen molar-refractivity contribution >= 4 is 17.2 Å². The maximum atomic E-state index is 5.61. The fourth-order valence-electron chi connectivity index (χ4n) is 2.70. The van der Waals surface area contributed by atoms with Gasteiger partial charge in [-0.1, -0.05) is 12.2 Å². The molecule has 0 spiro atoms. The third kappa shape index (κ3) is 4.23. The molecule has 104 valence electrons. The summed E-state index contributed by atoms with van der Waals surface area (Å²) in [6, 6.07) is 4.01. The van der Waals surface area contributed by atoms with E-state index in [1.165, 1.54) is 25.1 Å². The highest BCUT2D eigenvalue weighted by Gasteiger charge is 2.20. The first-order valence-corrected chi connectivity index (χ1v) is 7.07. The molecule has 1 aliphatic rings. The van der Waals surface area contributed by atoms with E-state index in [9.17, 15) is 0 Å². The Labute approximate surface area is 120 Å². The van der Waals surface area contributed by atoms with Gasteiger partial charge >= 0.3 is 0 Å². The molecular formula is C14H22N4S. The van der Waals surface area contributed by atoms with Crippen LogP contribution in [-0.4, -0.2) is 53.5 Å². The lowest BCUT2D eigenvalue weighted by atomic mass is 10.1. The molecule has 1 aromatic rings. The van der Waals surface area contributed by atoms with E-state index in [0.29, 0.717) is 10.7 Å². The average Bonchev–Trinajstić information content (AvgIpc) is 2.74. The second-order valence-electron chi connectivity index (χ2n) is 5.53. The molecule has 0 bridgehead atoms. The molecule has 5 heteroatoms. The topological polar surface area (TPSA) is 45.4 Å². The number of nitrogens with zero attached hydrogens (tertiary/aromatic N) is 3. The molecule has 0 aliphatic carbocycles. The number of aromatic nitrogens is 1. The molecule has 1 saturated heterocycles. The van der Waals surface area contributed by atoms with Gasteiger partial charge in [-0.3, -0.25) is 4.98 Å². The van der Waals surface area contributed by atoms with Crippen LogP contribution in [0.2, 0.25) is 0 Å². The van der Waals surface area contributed by atoms with E-state index >= 15 is 0 Å². The Morgan fingerprint density at radius 2 is 2.42 bits per heavy atom. The molecule has 1 aromatic heterocycles. The Kier molecular flexibility index (Phi) is 4.85. The van der Waals surface area contributed by atoms with Crippen molar-refractivity contribution in [1.29, 1.82) is 0 Å². The minimum absolute atomic E-state index is 0.363.